The molecule has 0 aliphatic heterocycles. The molecule has 0 aromatic carbocycles. The largest absolute Gasteiger partial charge is 0.311 e. The van der Waals surface area contributed by atoms with Gasteiger partial charge in [-0.15, -0.1) is 22.7 Å². The zero-order chi connectivity index (χ0) is 19.1. The van der Waals surface area contributed by atoms with E-state index in [4.69, 9.17) is 0 Å². The molecule has 8 heteroatoms. The lowest BCUT2D eigenvalue weighted by atomic mass is 9.96. The zero-order valence-corrected chi connectivity index (χ0v) is 16.4. The number of nitrogens with zero attached hydrogens (tertiary/aromatic N) is 4. The van der Waals surface area contributed by atoms with Crippen molar-refractivity contribution in [1.29, 1.82) is 5.26 Å². The summed E-state index contributed by atoms with van der Waals surface area (Å²) in [5.41, 5.74) is 3.50. The van der Waals surface area contributed by atoms with E-state index in [2.05, 4.69) is 21.5 Å². The first kappa shape index (κ1) is 17.1. The second-order valence-corrected chi connectivity index (χ2v) is 8.64. The molecule has 0 bridgehead atoms. The highest BCUT2D eigenvalue weighted by Crippen LogP contribution is 2.37. The molecule has 0 saturated carbocycles. The van der Waals surface area contributed by atoms with Gasteiger partial charge in [-0.1, -0.05) is 6.07 Å². The maximum Gasteiger partial charge on any atom is 0.276 e. The number of rotatable bonds is 3. The average Bonchev–Trinajstić information content (AvgIpc) is 3.44. The Bertz CT molecular complexity index is 1230. The summed E-state index contributed by atoms with van der Waals surface area (Å²) < 4.78 is 1.69. The van der Waals surface area contributed by atoms with Gasteiger partial charge in [0.1, 0.15) is 11.1 Å². The van der Waals surface area contributed by atoms with Crippen LogP contribution in [0.3, 0.4) is 0 Å². The highest BCUT2D eigenvalue weighted by atomic mass is 32.1. The molecule has 0 atom stereocenters. The number of nitrogens with one attached hydrogen (secondary N) is 1. The van der Waals surface area contributed by atoms with E-state index in [9.17, 15) is 10.1 Å². The third kappa shape index (κ3) is 2.80. The molecule has 6 nitrogen and oxygen atoms in total. The van der Waals surface area contributed by atoms with Crippen molar-refractivity contribution >= 4 is 39.2 Å². The van der Waals surface area contributed by atoms with Crippen molar-refractivity contribution in [1.82, 2.24) is 14.6 Å². The van der Waals surface area contributed by atoms with Crippen LogP contribution in [-0.2, 0) is 12.8 Å². The molecule has 28 heavy (non-hydrogen) atoms. The van der Waals surface area contributed by atoms with Gasteiger partial charge >= 0.3 is 0 Å². The number of aryl methyl sites for hydroxylation is 1. The van der Waals surface area contributed by atoms with Gasteiger partial charge < -0.3 is 5.32 Å². The predicted octanol–water partition coefficient (Wildman–Crippen LogP) is 4.52. The minimum atomic E-state index is -0.322. The van der Waals surface area contributed by atoms with Crippen molar-refractivity contribution in [3.63, 3.8) is 0 Å². The van der Waals surface area contributed by atoms with E-state index in [0.29, 0.717) is 16.2 Å². The van der Waals surface area contributed by atoms with E-state index in [1.807, 2.05) is 23.6 Å². The van der Waals surface area contributed by atoms with Gasteiger partial charge in [0, 0.05) is 17.1 Å². The molecule has 4 aromatic rings. The fourth-order valence-electron chi connectivity index (χ4n) is 3.56. The van der Waals surface area contributed by atoms with E-state index < -0.39 is 0 Å². The number of nitriles is 1. The molecular formula is C20H15N5OS2. The second kappa shape index (κ2) is 6.86. The first-order valence-electron chi connectivity index (χ1n) is 8.99. The van der Waals surface area contributed by atoms with Gasteiger partial charge in [0.25, 0.3) is 5.91 Å². The molecule has 0 unspecified atom stereocenters. The summed E-state index contributed by atoms with van der Waals surface area (Å²) in [7, 11) is 0. The lowest BCUT2D eigenvalue weighted by Crippen LogP contribution is -2.12. The minimum Gasteiger partial charge on any atom is -0.311 e. The number of fused-ring (bicyclic) bond motifs is 2. The number of thiophene rings is 2. The molecule has 5 rings (SSSR count). The number of anilines is 1. The molecule has 0 fully saturated rings. The number of carbonyl (C=O) groups is 1. The van der Waals surface area contributed by atoms with Crippen molar-refractivity contribution in [3.8, 4) is 16.6 Å². The van der Waals surface area contributed by atoms with Crippen molar-refractivity contribution < 1.29 is 4.79 Å². The summed E-state index contributed by atoms with van der Waals surface area (Å²) in [6.45, 7) is 0. The maximum absolute atomic E-state index is 12.8. The number of aromatic nitrogens is 3. The van der Waals surface area contributed by atoms with Gasteiger partial charge in [-0.25, -0.2) is 9.50 Å². The smallest absolute Gasteiger partial charge is 0.276 e. The Hall–Kier alpha value is -3.02. The van der Waals surface area contributed by atoms with Crippen LogP contribution < -0.4 is 5.32 Å². The third-order valence-electron chi connectivity index (χ3n) is 4.87. The number of hydrogen-bond acceptors (Lipinski definition) is 6. The normalized spacial score (nSPS) is 13.2. The van der Waals surface area contributed by atoms with Gasteiger partial charge in [0.05, 0.1) is 16.1 Å². The van der Waals surface area contributed by atoms with Crippen LogP contribution in [0.5, 0.6) is 0 Å². The fourth-order valence-corrected chi connectivity index (χ4v) is 5.53. The third-order valence-corrected chi connectivity index (χ3v) is 6.97. The average molecular weight is 406 g/mol. The zero-order valence-electron chi connectivity index (χ0n) is 14.8. The molecule has 1 aliphatic carbocycles. The van der Waals surface area contributed by atoms with E-state index in [1.165, 1.54) is 16.2 Å². The molecule has 1 N–H and O–H groups in total. The van der Waals surface area contributed by atoms with Crippen LogP contribution in [0.1, 0.15) is 39.3 Å². The van der Waals surface area contributed by atoms with Crippen LogP contribution in [0.15, 0.2) is 35.8 Å². The van der Waals surface area contributed by atoms with Crippen LogP contribution in [-0.4, -0.2) is 20.5 Å². The molecule has 138 valence electrons. The summed E-state index contributed by atoms with van der Waals surface area (Å²) in [6.07, 6.45) is 5.83. The standard InChI is InChI=1S/C20H15N5OS2/c21-11-13-12-4-1-2-5-16(12)28-20(13)23-19(26)14-10-18-22-8-7-15(25(18)24-14)17-6-3-9-27-17/h3,6-10H,1-2,4-5H2,(H,23,26). The number of carbonyl (C=O) groups excluding carboxylic acids is 1. The second-order valence-electron chi connectivity index (χ2n) is 6.59. The highest BCUT2D eigenvalue weighted by molar-refractivity contribution is 7.16. The van der Waals surface area contributed by atoms with Crippen molar-refractivity contribution in [2.45, 2.75) is 25.7 Å². The van der Waals surface area contributed by atoms with Crippen molar-refractivity contribution in [2.75, 3.05) is 5.32 Å². The Morgan fingerprint density at radius 1 is 1.29 bits per heavy atom. The Labute approximate surface area is 169 Å². The van der Waals surface area contributed by atoms with E-state index in [-0.39, 0.29) is 11.6 Å². The predicted molar refractivity (Wildman–Crippen MR) is 110 cm³/mol. The molecule has 0 saturated heterocycles. The van der Waals surface area contributed by atoms with Crippen LogP contribution in [0.25, 0.3) is 16.2 Å². The number of amides is 1. The minimum absolute atomic E-state index is 0.284. The van der Waals surface area contributed by atoms with Crippen molar-refractivity contribution in [3.05, 3.63) is 57.5 Å². The Balaban J connectivity index is 1.50. The summed E-state index contributed by atoms with van der Waals surface area (Å²) in [5.74, 6) is -0.322. The highest BCUT2D eigenvalue weighted by Gasteiger charge is 2.23. The molecule has 4 aromatic heterocycles. The van der Waals surface area contributed by atoms with E-state index >= 15 is 0 Å². The Morgan fingerprint density at radius 2 is 2.18 bits per heavy atom. The van der Waals surface area contributed by atoms with Gasteiger partial charge in [-0.2, -0.15) is 10.4 Å². The summed E-state index contributed by atoms with van der Waals surface area (Å²) in [6, 6.07) is 9.82. The van der Waals surface area contributed by atoms with Crippen molar-refractivity contribution in [2.24, 2.45) is 0 Å². The molecule has 0 radical (unpaired) electrons. The SMILES string of the molecule is N#Cc1c(NC(=O)c2cc3nccc(-c4cccs4)n3n2)sc2c1CCCC2. The van der Waals surface area contributed by atoms with Crippen LogP contribution >= 0.6 is 22.7 Å². The summed E-state index contributed by atoms with van der Waals surface area (Å²) in [4.78, 5) is 19.4. The lowest BCUT2D eigenvalue weighted by Gasteiger charge is -2.09. The van der Waals surface area contributed by atoms with Gasteiger partial charge in [0.2, 0.25) is 0 Å². The summed E-state index contributed by atoms with van der Waals surface area (Å²) >= 11 is 3.12. The quantitative estimate of drug-likeness (QED) is 0.543. The fraction of sp³-hybridized carbons (Fsp3) is 0.200. The number of hydrogen-bond donors (Lipinski definition) is 1. The molecular weight excluding hydrogens is 390 g/mol. The first-order valence-corrected chi connectivity index (χ1v) is 10.7. The van der Waals surface area contributed by atoms with Crippen LogP contribution in [0.2, 0.25) is 0 Å². The molecule has 4 heterocycles. The molecule has 0 spiro atoms. The van der Waals surface area contributed by atoms with E-state index in [1.54, 1.807) is 28.1 Å². The first-order chi connectivity index (χ1) is 13.7. The van der Waals surface area contributed by atoms with E-state index in [0.717, 1.165) is 41.8 Å². The molecule has 1 amide bonds. The van der Waals surface area contributed by atoms with Gasteiger partial charge in [-0.3, -0.25) is 4.79 Å². The lowest BCUT2D eigenvalue weighted by molar-refractivity contribution is 0.102. The summed E-state index contributed by atoms with van der Waals surface area (Å²) in [5, 5.41) is 19.6. The Kier molecular flexibility index (Phi) is 4.19. The van der Waals surface area contributed by atoms with Gasteiger partial charge in [-0.05, 0) is 48.8 Å². The monoisotopic (exact) mass is 405 g/mol. The topological polar surface area (TPSA) is 83.1 Å². The van der Waals surface area contributed by atoms with Crippen LogP contribution in [0, 0.1) is 11.3 Å². The maximum atomic E-state index is 12.8. The Morgan fingerprint density at radius 3 is 3.00 bits per heavy atom. The molecule has 1 aliphatic rings. The van der Waals surface area contributed by atoms with Crippen LogP contribution in [0.4, 0.5) is 5.00 Å². The van der Waals surface area contributed by atoms with Gasteiger partial charge in [0.15, 0.2) is 11.3 Å².